The van der Waals surface area contributed by atoms with E-state index in [9.17, 15) is 4.79 Å². The molecule has 0 fully saturated rings. The van der Waals surface area contributed by atoms with Crippen molar-refractivity contribution in [2.45, 2.75) is 60.8 Å². The number of aliphatic hydroxyl groups excluding tert-OH is 1. The van der Waals surface area contributed by atoms with Crippen LogP contribution in [0.15, 0.2) is 48.2 Å². The number of hydrogen-bond acceptors (Lipinski definition) is 3. The van der Waals surface area contributed by atoms with Crippen LogP contribution in [0, 0.1) is 26.8 Å². The fourth-order valence-electron chi connectivity index (χ4n) is 3.44. The fraction of sp³-hybridized carbons (Fsp3) is 0.333. The molecule has 3 nitrogen and oxygen atoms in total. The second kappa shape index (κ2) is 10.8. The number of pyridine rings is 1. The van der Waals surface area contributed by atoms with Gasteiger partial charge in [-0.1, -0.05) is 58.4 Å². The first-order valence-corrected chi connectivity index (χ1v) is 10.2. The van der Waals surface area contributed by atoms with Gasteiger partial charge < -0.3 is 5.11 Å². The molecule has 4 heteroatoms. The van der Waals surface area contributed by atoms with Crippen LogP contribution in [0.3, 0.4) is 0 Å². The van der Waals surface area contributed by atoms with Gasteiger partial charge in [-0.25, -0.2) is 0 Å². The molecule has 0 amide bonds. The van der Waals surface area contributed by atoms with E-state index in [0.717, 1.165) is 22.3 Å². The molecular weight excluding hydrogens is 563 g/mol. The Kier molecular flexibility index (Phi) is 9.35. The first kappa shape index (κ1) is 26.7. The third-order valence-corrected chi connectivity index (χ3v) is 4.70. The van der Waals surface area contributed by atoms with E-state index in [2.05, 4.69) is 84.0 Å². The second-order valence-corrected chi connectivity index (χ2v) is 8.93. The smallest absolute Gasteiger partial charge is 0.155 e. The van der Waals surface area contributed by atoms with Crippen LogP contribution in [0.5, 0.6) is 0 Å². The van der Waals surface area contributed by atoms with Gasteiger partial charge in [-0.3, -0.25) is 9.78 Å². The normalized spacial score (nSPS) is 11.4. The van der Waals surface area contributed by atoms with Crippen molar-refractivity contribution in [3.8, 4) is 11.3 Å². The molecule has 0 aliphatic carbocycles. The molecule has 2 aromatic carbocycles. The Morgan fingerprint density at radius 1 is 1.06 bits per heavy atom. The minimum absolute atomic E-state index is 0. The predicted octanol–water partition coefficient (Wildman–Crippen LogP) is 6.96. The molecule has 0 bridgehead atoms. The van der Waals surface area contributed by atoms with Gasteiger partial charge in [-0.05, 0) is 43.5 Å². The van der Waals surface area contributed by atoms with Gasteiger partial charge in [0.2, 0.25) is 0 Å². The molecule has 0 aliphatic heterocycles. The Bertz CT molecular complexity index is 1080. The van der Waals surface area contributed by atoms with Crippen molar-refractivity contribution in [3.63, 3.8) is 0 Å². The summed E-state index contributed by atoms with van der Waals surface area (Å²) in [6.07, 6.45) is 1.17. The minimum Gasteiger partial charge on any atom is -0.512 e. The van der Waals surface area contributed by atoms with Crippen LogP contribution in [-0.2, 0) is 30.3 Å². The number of rotatable bonds is 2. The molecule has 0 saturated carbocycles. The van der Waals surface area contributed by atoms with Gasteiger partial charge in [0.15, 0.2) is 5.78 Å². The minimum atomic E-state index is -0.125. The van der Waals surface area contributed by atoms with Gasteiger partial charge in [-0.2, -0.15) is 0 Å². The summed E-state index contributed by atoms with van der Waals surface area (Å²) < 4.78 is 0. The number of aryl methyl sites for hydroxylation is 3. The molecule has 0 atom stereocenters. The summed E-state index contributed by atoms with van der Waals surface area (Å²) in [4.78, 5) is 15.0. The van der Waals surface area contributed by atoms with E-state index < -0.39 is 0 Å². The molecule has 3 aromatic rings. The van der Waals surface area contributed by atoms with E-state index in [0.29, 0.717) is 0 Å². The van der Waals surface area contributed by atoms with E-state index in [-0.39, 0.29) is 37.1 Å². The quantitative estimate of drug-likeness (QED) is 0.198. The van der Waals surface area contributed by atoms with Crippen molar-refractivity contribution in [1.29, 1.82) is 0 Å². The predicted molar refractivity (Wildman–Crippen MR) is 126 cm³/mol. The molecule has 0 unspecified atom stereocenters. The van der Waals surface area contributed by atoms with Gasteiger partial charge in [0.25, 0.3) is 0 Å². The Morgan fingerprint density at radius 2 is 1.71 bits per heavy atom. The Balaban J connectivity index is 0.000000523. The maximum Gasteiger partial charge on any atom is 0.155 e. The van der Waals surface area contributed by atoms with E-state index in [1.165, 1.54) is 42.0 Å². The summed E-state index contributed by atoms with van der Waals surface area (Å²) in [6, 6.07) is 16.5. The number of hydrogen-bond donors (Lipinski definition) is 1. The monoisotopic (exact) mass is 595 g/mol. The SMILES string of the molecule is CC(=O)/C=C(/C)O.Cc1[c-]c(-c2nc3cccc(C)c3cc2C(C)(C)C)cc(C)c1.[Ir]. The molecule has 1 radical (unpaired) electrons. The van der Waals surface area contributed by atoms with Crippen LogP contribution in [0.2, 0.25) is 0 Å². The molecule has 1 N–H and O–H groups in total. The topological polar surface area (TPSA) is 50.2 Å². The third kappa shape index (κ3) is 7.41. The standard InChI is InChI=1S/C22H24N.C5H8O2.Ir/c1-14-10-15(2)12-17(11-14)21-19(22(4,5)6)13-18-16(3)8-7-9-20(18)23-21;1-4(6)3-5(2)7;/h7-11,13H,1-6H3;3,6H,1-2H3;/q-1;;/b;4-3-;. The molecule has 0 spiro atoms. The first-order chi connectivity index (χ1) is 13.9. The number of aliphatic hydroxyl groups is 1. The Labute approximate surface area is 200 Å². The molecule has 0 saturated heterocycles. The number of carbonyl (C=O) groups excluding carboxylic acids is 1. The van der Waals surface area contributed by atoms with Crippen molar-refractivity contribution in [1.82, 2.24) is 4.98 Å². The molecule has 167 valence electrons. The van der Waals surface area contributed by atoms with E-state index >= 15 is 0 Å². The van der Waals surface area contributed by atoms with E-state index in [1.807, 2.05) is 0 Å². The summed E-state index contributed by atoms with van der Waals surface area (Å²) in [5, 5.41) is 9.60. The van der Waals surface area contributed by atoms with Crippen LogP contribution in [0.1, 0.15) is 56.9 Å². The fourth-order valence-corrected chi connectivity index (χ4v) is 3.44. The van der Waals surface area contributed by atoms with Crippen LogP contribution in [-0.4, -0.2) is 15.9 Å². The van der Waals surface area contributed by atoms with Gasteiger partial charge >= 0.3 is 0 Å². The van der Waals surface area contributed by atoms with Crippen molar-refractivity contribution in [2.75, 3.05) is 0 Å². The van der Waals surface area contributed by atoms with E-state index in [4.69, 9.17) is 10.1 Å². The Morgan fingerprint density at radius 3 is 2.19 bits per heavy atom. The number of benzene rings is 2. The molecule has 1 aromatic heterocycles. The first-order valence-electron chi connectivity index (χ1n) is 10.2. The van der Waals surface area contributed by atoms with Crippen molar-refractivity contribution in [3.05, 3.63) is 76.6 Å². The second-order valence-electron chi connectivity index (χ2n) is 8.93. The maximum absolute atomic E-state index is 10.0. The van der Waals surface area contributed by atoms with Gasteiger partial charge in [0.1, 0.15) is 0 Å². The van der Waals surface area contributed by atoms with Crippen LogP contribution in [0.25, 0.3) is 22.2 Å². The van der Waals surface area contributed by atoms with Crippen molar-refractivity contribution in [2.24, 2.45) is 0 Å². The summed E-state index contributed by atoms with van der Waals surface area (Å²) in [7, 11) is 0. The summed E-state index contributed by atoms with van der Waals surface area (Å²) in [6.45, 7) is 16.0. The van der Waals surface area contributed by atoms with Gasteiger partial charge in [-0.15, -0.1) is 34.9 Å². The van der Waals surface area contributed by atoms with Crippen LogP contribution < -0.4 is 0 Å². The van der Waals surface area contributed by atoms with Crippen LogP contribution in [0.4, 0.5) is 0 Å². The largest absolute Gasteiger partial charge is 0.512 e. The average Bonchev–Trinajstić information content (AvgIpc) is 2.59. The molecule has 1 heterocycles. The van der Waals surface area contributed by atoms with Gasteiger partial charge in [0.05, 0.1) is 11.3 Å². The zero-order chi connectivity index (χ0) is 22.6. The maximum atomic E-state index is 10.0. The number of carbonyl (C=O) groups is 1. The number of ketones is 1. The van der Waals surface area contributed by atoms with Crippen molar-refractivity contribution >= 4 is 16.7 Å². The Hall–Kier alpha value is -2.29. The number of aromatic nitrogens is 1. The molecule has 0 aliphatic rings. The summed E-state index contributed by atoms with van der Waals surface area (Å²) in [5.74, 6) is -0.0625. The average molecular weight is 595 g/mol. The van der Waals surface area contributed by atoms with E-state index in [1.54, 1.807) is 0 Å². The summed E-state index contributed by atoms with van der Waals surface area (Å²) in [5.41, 5.74) is 8.20. The molecule has 31 heavy (non-hydrogen) atoms. The number of nitrogens with zero attached hydrogens (tertiary/aromatic N) is 1. The third-order valence-electron chi connectivity index (χ3n) is 4.70. The summed E-state index contributed by atoms with van der Waals surface area (Å²) >= 11 is 0. The molecular formula is C27H32IrNO2-. The van der Waals surface area contributed by atoms with Crippen LogP contribution >= 0.6 is 0 Å². The van der Waals surface area contributed by atoms with Gasteiger partial charge in [0, 0.05) is 31.6 Å². The zero-order valence-corrected chi connectivity index (χ0v) is 22.1. The molecule has 3 rings (SSSR count). The van der Waals surface area contributed by atoms with Crippen molar-refractivity contribution < 1.29 is 30.0 Å². The number of allylic oxidation sites excluding steroid dienone is 2. The number of fused-ring (bicyclic) bond motifs is 1. The zero-order valence-electron chi connectivity index (χ0n) is 19.7.